The average Bonchev–Trinajstić information content (AvgIpc) is 2.63. The van der Waals surface area contributed by atoms with Gasteiger partial charge in [-0.05, 0) is 42.2 Å². The zero-order chi connectivity index (χ0) is 15.6. The van der Waals surface area contributed by atoms with Crippen LogP contribution >= 0.6 is 0 Å². The van der Waals surface area contributed by atoms with Crippen LogP contribution in [0.4, 0.5) is 0 Å². The third kappa shape index (κ3) is 2.54. The summed E-state index contributed by atoms with van der Waals surface area (Å²) in [7, 11) is 0. The Morgan fingerprint density at radius 1 is 0.783 bits per heavy atom. The molecular weight excluding hydrogens is 284 g/mol. The second-order valence-corrected chi connectivity index (χ2v) is 6.86. The molecule has 1 saturated heterocycles. The van der Waals surface area contributed by atoms with Gasteiger partial charge in [0.05, 0.1) is 17.4 Å². The van der Waals surface area contributed by atoms with Crippen molar-refractivity contribution < 1.29 is 0 Å². The van der Waals surface area contributed by atoms with E-state index in [0.717, 1.165) is 0 Å². The predicted octanol–water partition coefficient (Wildman–Crippen LogP) is 5.27. The van der Waals surface area contributed by atoms with Crippen LogP contribution in [-0.2, 0) is 0 Å². The maximum absolute atomic E-state index is 11.8. The fourth-order valence-corrected chi connectivity index (χ4v) is 4.70. The summed E-state index contributed by atoms with van der Waals surface area (Å²) >= 11 is 0. The minimum atomic E-state index is 0.107. The monoisotopic (exact) mass is 306 g/mol. The molecule has 4 unspecified atom stereocenters. The van der Waals surface area contributed by atoms with E-state index in [1.807, 2.05) is 17.1 Å². The molecule has 1 aliphatic heterocycles. The first kappa shape index (κ1) is 14.4. The first-order valence-corrected chi connectivity index (χ1v) is 8.60. The smallest absolute Gasteiger partial charge is 0.0787 e. The lowest BCUT2D eigenvalue weighted by atomic mass is 9.68. The van der Waals surface area contributed by atoms with E-state index >= 15 is 0 Å². The Morgan fingerprint density at radius 3 is 1.70 bits per heavy atom. The van der Waals surface area contributed by atoms with Gasteiger partial charge in [-0.25, -0.2) is 5.01 Å². The largest absolute Gasteiger partial charge is 0.245 e. The molecule has 0 spiro atoms. The maximum atomic E-state index is 11.8. The zero-order valence-electron chi connectivity index (χ0n) is 13.2. The number of piperidine rings is 1. The quantitative estimate of drug-likeness (QED) is 0.723. The lowest BCUT2D eigenvalue weighted by molar-refractivity contribution is -0.0314. The average molecular weight is 306 g/mol. The predicted molar refractivity (Wildman–Crippen MR) is 91.4 cm³/mol. The number of hydrogen-bond donors (Lipinski definition) is 0. The Morgan fingerprint density at radius 2 is 1.26 bits per heavy atom. The van der Waals surface area contributed by atoms with E-state index in [-0.39, 0.29) is 12.1 Å². The fraction of sp³-hybridized carbons (Fsp3) is 0.400. The Kier molecular flexibility index (Phi) is 3.86. The summed E-state index contributed by atoms with van der Waals surface area (Å²) in [5, 5.41) is 5.39. The zero-order valence-corrected chi connectivity index (χ0v) is 13.2. The molecule has 2 aliphatic rings. The van der Waals surface area contributed by atoms with Crippen molar-refractivity contribution >= 4 is 0 Å². The summed E-state index contributed by atoms with van der Waals surface area (Å²) in [6.07, 6.45) is 4.85. The highest BCUT2D eigenvalue weighted by Gasteiger charge is 2.46. The van der Waals surface area contributed by atoms with Gasteiger partial charge in [0.1, 0.15) is 0 Å². The molecule has 1 heterocycles. The Bertz CT molecular complexity index is 604. The standard InChI is InChI=1S/C20H22N2O/c23-21-22-19(15-8-3-1-4-9-15)17-12-7-13-18(14-17)20(22)16-10-5-2-6-11-16/h1-6,8-11,17-20H,7,12-14H2. The van der Waals surface area contributed by atoms with Crippen LogP contribution in [0.15, 0.2) is 65.9 Å². The van der Waals surface area contributed by atoms with Crippen LogP contribution in [0.3, 0.4) is 0 Å². The molecule has 4 rings (SSSR count). The van der Waals surface area contributed by atoms with Gasteiger partial charge >= 0.3 is 0 Å². The van der Waals surface area contributed by atoms with E-state index in [1.54, 1.807) is 0 Å². The molecule has 118 valence electrons. The molecule has 0 N–H and O–H groups in total. The number of benzene rings is 2. The lowest BCUT2D eigenvalue weighted by Gasteiger charge is -2.50. The van der Waals surface area contributed by atoms with Crippen molar-refractivity contribution in [3.8, 4) is 0 Å². The van der Waals surface area contributed by atoms with Gasteiger partial charge in [-0.15, -0.1) is 4.91 Å². The maximum Gasteiger partial charge on any atom is 0.0787 e. The summed E-state index contributed by atoms with van der Waals surface area (Å²) in [5.41, 5.74) is 2.44. The van der Waals surface area contributed by atoms with Crippen LogP contribution in [0.2, 0.25) is 0 Å². The van der Waals surface area contributed by atoms with Gasteiger partial charge in [-0.2, -0.15) is 0 Å². The van der Waals surface area contributed by atoms with E-state index < -0.39 is 0 Å². The second-order valence-electron chi connectivity index (χ2n) is 6.86. The summed E-state index contributed by atoms with van der Waals surface area (Å²) in [6.45, 7) is 0. The molecule has 4 atom stereocenters. The molecule has 2 aromatic carbocycles. The van der Waals surface area contributed by atoms with E-state index in [0.29, 0.717) is 11.8 Å². The van der Waals surface area contributed by atoms with Crippen molar-refractivity contribution in [3.63, 3.8) is 0 Å². The Balaban J connectivity index is 1.78. The van der Waals surface area contributed by atoms with Gasteiger partial charge in [0.25, 0.3) is 0 Å². The normalized spacial score (nSPS) is 30.0. The fourth-order valence-electron chi connectivity index (χ4n) is 4.70. The number of nitrogens with zero attached hydrogens (tertiary/aromatic N) is 2. The summed E-state index contributed by atoms with van der Waals surface area (Å²) in [6, 6.07) is 21.1. The van der Waals surface area contributed by atoms with Crippen molar-refractivity contribution in [2.75, 3.05) is 0 Å². The third-order valence-corrected chi connectivity index (χ3v) is 5.59. The van der Waals surface area contributed by atoms with E-state index in [2.05, 4.69) is 53.8 Å². The van der Waals surface area contributed by atoms with Gasteiger partial charge in [-0.3, -0.25) is 0 Å². The van der Waals surface area contributed by atoms with Crippen molar-refractivity contribution in [2.24, 2.45) is 17.1 Å². The molecule has 23 heavy (non-hydrogen) atoms. The van der Waals surface area contributed by atoms with Crippen LogP contribution in [0.25, 0.3) is 0 Å². The van der Waals surface area contributed by atoms with E-state index in [4.69, 9.17) is 0 Å². The van der Waals surface area contributed by atoms with Gasteiger partial charge in [0.2, 0.25) is 0 Å². The molecule has 0 amide bonds. The van der Waals surface area contributed by atoms with E-state index in [1.165, 1.54) is 36.8 Å². The van der Waals surface area contributed by atoms with Crippen LogP contribution in [0.1, 0.15) is 48.9 Å². The minimum absolute atomic E-state index is 0.107. The number of fused-ring (bicyclic) bond motifs is 2. The highest BCUT2D eigenvalue weighted by atomic mass is 16.3. The first-order chi connectivity index (χ1) is 11.4. The highest BCUT2D eigenvalue weighted by Crippen LogP contribution is 2.53. The highest BCUT2D eigenvalue weighted by molar-refractivity contribution is 5.26. The Hall–Kier alpha value is -2.16. The topological polar surface area (TPSA) is 32.7 Å². The SMILES string of the molecule is O=NN1C(c2ccccc2)C2CCCC(C2)C1c1ccccc1. The molecule has 0 radical (unpaired) electrons. The van der Waals surface area contributed by atoms with Crippen LogP contribution < -0.4 is 0 Å². The minimum Gasteiger partial charge on any atom is -0.245 e. The molecule has 1 saturated carbocycles. The molecule has 2 aromatic rings. The van der Waals surface area contributed by atoms with Crippen LogP contribution in [-0.4, -0.2) is 5.01 Å². The van der Waals surface area contributed by atoms with E-state index in [9.17, 15) is 4.91 Å². The molecule has 3 heteroatoms. The summed E-state index contributed by atoms with van der Waals surface area (Å²) in [4.78, 5) is 11.8. The number of rotatable bonds is 3. The lowest BCUT2D eigenvalue weighted by Crippen LogP contribution is -2.44. The molecule has 2 fully saturated rings. The molecule has 2 bridgehead atoms. The van der Waals surface area contributed by atoms with Crippen molar-refractivity contribution in [2.45, 2.75) is 37.8 Å². The molecule has 1 aliphatic carbocycles. The van der Waals surface area contributed by atoms with Crippen molar-refractivity contribution in [1.29, 1.82) is 0 Å². The summed E-state index contributed by atoms with van der Waals surface area (Å²) < 4.78 is 0. The molecule has 3 nitrogen and oxygen atoms in total. The van der Waals surface area contributed by atoms with Gasteiger partial charge in [0, 0.05) is 0 Å². The Labute approximate surface area is 137 Å². The van der Waals surface area contributed by atoms with Crippen molar-refractivity contribution in [3.05, 3.63) is 76.7 Å². The molecular formula is C20H22N2O. The van der Waals surface area contributed by atoms with Gasteiger partial charge in [0.15, 0.2) is 0 Å². The van der Waals surface area contributed by atoms with Crippen LogP contribution in [0.5, 0.6) is 0 Å². The third-order valence-electron chi connectivity index (χ3n) is 5.59. The van der Waals surface area contributed by atoms with Gasteiger partial charge < -0.3 is 0 Å². The number of nitroso groups, excluding NO2 is 1. The van der Waals surface area contributed by atoms with Crippen LogP contribution in [0, 0.1) is 16.7 Å². The number of hydrogen-bond acceptors (Lipinski definition) is 2. The first-order valence-electron chi connectivity index (χ1n) is 8.60. The molecule has 0 aromatic heterocycles. The second kappa shape index (κ2) is 6.15. The van der Waals surface area contributed by atoms with Gasteiger partial charge in [-0.1, -0.05) is 67.1 Å². The summed E-state index contributed by atoms with van der Waals surface area (Å²) in [5.74, 6) is 1.07. The van der Waals surface area contributed by atoms with Crippen molar-refractivity contribution in [1.82, 2.24) is 5.01 Å².